The van der Waals surface area contributed by atoms with Crippen LogP contribution in [0, 0.1) is 5.92 Å². The number of aldehydes is 1. The second-order valence-electron chi connectivity index (χ2n) is 3.93. The zero-order chi connectivity index (χ0) is 13.1. The monoisotopic (exact) mass is 261 g/mol. The minimum Gasteiger partial charge on any atom is -0.440 e. The number of aliphatic hydroxyl groups is 1. The van der Waals surface area contributed by atoms with Crippen LogP contribution in [0.4, 0.5) is 0 Å². The Labute approximate surface area is 99.7 Å². The minimum atomic E-state index is -3.84. The first-order valence-corrected chi connectivity index (χ1v) is 6.57. The van der Waals surface area contributed by atoms with Gasteiger partial charge in [-0.15, -0.1) is 0 Å². The molecule has 0 unspecified atom stereocenters. The quantitative estimate of drug-likeness (QED) is 0.722. The van der Waals surface area contributed by atoms with Gasteiger partial charge in [0.05, 0.1) is 6.61 Å². The molecular weight excluding hydrogens is 246 g/mol. The van der Waals surface area contributed by atoms with Crippen molar-refractivity contribution >= 4 is 16.3 Å². The van der Waals surface area contributed by atoms with Gasteiger partial charge in [-0.3, -0.25) is 4.79 Å². The van der Waals surface area contributed by atoms with Crippen molar-refractivity contribution in [1.82, 2.24) is 4.72 Å². The van der Waals surface area contributed by atoms with Gasteiger partial charge in [-0.05, 0) is 18.1 Å². The van der Waals surface area contributed by atoms with Gasteiger partial charge in [0.2, 0.25) is 5.09 Å². The van der Waals surface area contributed by atoms with Gasteiger partial charge in [0.25, 0.3) is 10.0 Å². The summed E-state index contributed by atoms with van der Waals surface area (Å²) in [7, 11) is -3.84. The van der Waals surface area contributed by atoms with Crippen molar-refractivity contribution in [3.8, 4) is 0 Å². The summed E-state index contributed by atoms with van der Waals surface area (Å²) < 4.78 is 30.7. The molecule has 0 radical (unpaired) electrons. The Morgan fingerprint density at radius 1 is 1.47 bits per heavy atom. The first-order chi connectivity index (χ1) is 7.90. The number of nitrogens with one attached hydrogen (secondary N) is 1. The van der Waals surface area contributed by atoms with Gasteiger partial charge in [0.1, 0.15) is 0 Å². The SMILES string of the molecule is CC(C)[C@@H](CO)NS(=O)(=O)c1ccc(C=O)o1. The molecule has 1 aromatic rings. The largest absolute Gasteiger partial charge is 0.440 e. The smallest absolute Gasteiger partial charge is 0.274 e. The summed E-state index contributed by atoms with van der Waals surface area (Å²) in [6.45, 7) is 3.25. The highest BCUT2D eigenvalue weighted by Gasteiger charge is 2.24. The van der Waals surface area contributed by atoms with Gasteiger partial charge in [-0.2, -0.15) is 0 Å². The van der Waals surface area contributed by atoms with Crippen LogP contribution in [0.1, 0.15) is 24.4 Å². The summed E-state index contributed by atoms with van der Waals surface area (Å²) >= 11 is 0. The van der Waals surface area contributed by atoms with Crippen LogP contribution in [-0.2, 0) is 10.0 Å². The number of carbonyl (C=O) groups excluding carboxylic acids is 1. The van der Waals surface area contributed by atoms with E-state index in [1.165, 1.54) is 12.1 Å². The van der Waals surface area contributed by atoms with E-state index in [4.69, 9.17) is 9.52 Å². The van der Waals surface area contributed by atoms with Crippen LogP contribution in [-0.4, -0.2) is 32.5 Å². The van der Waals surface area contributed by atoms with Gasteiger partial charge < -0.3 is 9.52 Å². The molecule has 17 heavy (non-hydrogen) atoms. The molecule has 1 heterocycles. The van der Waals surface area contributed by atoms with Crippen LogP contribution >= 0.6 is 0 Å². The number of hydrogen-bond donors (Lipinski definition) is 2. The van der Waals surface area contributed by atoms with Crippen molar-refractivity contribution in [2.45, 2.75) is 25.0 Å². The number of sulfonamides is 1. The predicted molar refractivity (Wildman–Crippen MR) is 60.1 cm³/mol. The van der Waals surface area contributed by atoms with E-state index in [0.717, 1.165) is 0 Å². The molecule has 1 atom stereocenters. The summed E-state index contributed by atoms with van der Waals surface area (Å²) in [6.07, 6.45) is 0.422. The Morgan fingerprint density at radius 2 is 2.12 bits per heavy atom. The van der Waals surface area contributed by atoms with Crippen LogP contribution < -0.4 is 4.72 Å². The van der Waals surface area contributed by atoms with Gasteiger partial charge in [-0.1, -0.05) is 13.8 Å². The maximum absolute atomic E-state index is 11.8. The van der Waals surface area contributed by atoms with Crippen LogP contribution in [0.2, 0.25) is 0 Å². The maximum Gasteiger partial charge on any atom is 0.274 e. The fourth-order valence-electron chi connectivity index (χ4n) is 1.18. The minimum absolute atomic E-state index is 0.0597. The van der Waals surface area contributed by atoms with E-state index in [9.17, 15) is 13.2 Å². The van der Waals surface area contributed by atoms with Crippen molar-refractivity contribution in [2.75, 3.05) is 6.61 Å². The topological polar surface area (TPSA) is 96.6 Å². The average Bonchev–Trinajstić information content (AvgIpc) is 2.74. The molecule has 0 aliphatic rings. The third-order valence-corrected chi connectivity index (χ3v) is 3.65. The van der Waals surface area contributed by atoms with Crippen molar-refractivity contribution < 1.29 is 22.7 Å². The summed E-state index contributed by atoms with van der Waals surface area (Å²) in [6, 6.07) is 1.87. The van der Waals surface area contributed by atoms with Crippen molar-refractivity contribution in [1.29, 1.82) is 0 Å². The van der Waals surface area contributed by atoms with E-state index in [1.807, 2.05) is 0 Å². The molecule has 1 aromatic heterocycles. The fraction of sp³-hybridized carbons (Fsp3) is 0.500. The molecule has 0 saturated heterocycles. The normalized spacial score (nSPS) is 13.9. The Balaban J connectivity index is 2.91. The number of carbonyl (C=O) groups is 1. The zero-order valence-electron chi connectivity index (χ0n) is 9.58. The van der Waals surface area contributed by atoms with E-state index in [0.29, 0.717) is 6.29 Å². The van der Waals surface area contributed by atoms with Crippen LogP contribution in [0.25, 0.3) is 0 Å². The van der Waals surface area contributed by atoms with E-state index in [2.05, 4.69) is 4.72 Å². The molecule has 1 rings (SSSR count). The number of rotatable bonds is 6. The Bertz CT molecular complexity index is 477. The van der Waals surface area contributed by atoms with Gasteiger partial charge >= 0.3 is 0 Å². The lowest BCUT2D eigenvalue weighted by atomic mass is 10.1. The number of furan rings is 1. The lowest BCUT2D eigenvalue weighted by molar-refractivity contribution is 0.109. The van der Waals surface area contributed by atoms with E-state index < -0.39 is 16.1 Å². The van der Waals surface area contributed by atoms with Gasteiger partial charge in [0, 0.05) is 6.04 Å². The lowest BCUT2D eigenvalue weighted by Crippen LogP contribution is -2.40. The molecule has 0 aliphatic heterocycles. The Morgan fingerprint density at radius 3 is 2.53 bits per heavy atom. The fourth-order valence-corrected chi connectivity index (χ4v) is 2.50. The first-order valence-electron chi connectivity index (χ1n) is 5.09. The zero-order valence-corrected chi connectivity index (χ0v) is 10.4. The second-order valence-corrected chi connectivity index (χ2v) is 5.57. The summed E-state index contributed by atoms with van der Waals surface area (Å²) in [5.74, 6) is -0.120. The number of aliphatic hydroxyl groups excluding tert-OH is 1. The Kier molecular flexibility index (Phi) is 4.44. The molecule has 6 nitrogen and oxygen atoms in total. The van der Waals surface area contributed by atoms with Crippen LogP contribution in [0.15, 0.2) is 21.6 Å². The summed E-state index contributed by atoms with van der Waals surface area (Å²) in [5.41, 5.74) is 0. The van der Waals surface area contributed by atoms with Crippen LogP contribution in [0.5, 0.6) is 0 Å². The van der Waals surface area contributed by atoms with Gasteiger partial charge in [-0.25, -0.2) is 13.1 Å². The Hall–Kier alpha value is -1.18. The third kappa shape index (κ3) is 3.39. The molecule has 96 valence electrons. The van der Waals surface area contributed by atoms with E-state index in [1.54, 1.807) is 13.8 Å². The first kappa shape index (κ1) is 13.9. The molecule has 2 N–H and O–H groups in total. The molecule has 0 fully saturated rings. The van der Waals surface area contributed by atoms with Crippen molar-refractivity contribution in [2.24, 2.45) is 5.92 Å². The second kappa shape index (κ2) is 5.44. The van der Waals surface area contributed by atoms with E-state index in [-0.39, 0.29) is 23.4 Å². The van der Waals surface area contributed by atoms with Crippen molar-refractivity contribution in [3.63, 3.8) is 0 Å². The summed E-state index contributed by atoms with van der Waals surface area (Å²) in [4.78, 5) is 10.4. The predicted octanol–water partition coefficient (Wildman–Crippen LogP) is 0.387. The van der Waals surface area contributed by atoms with Crippen LogP contribution in [0.3, 0.4) is 0 Å². The summed E-state index contributed by atoms with van der Waals surface area (Å²) in [5, 5.41) is 8.71. The third-order valence-electron chi connectivity index (χ3n) is 2.29. The molecular formula is C10H15NO5S. The molecule has 0 bridgehead atoms. The molecule has 0 aromatic carbocycles. The highest BCUT2D eigenvalue weighted by atomic mass is 32.2. The van der Waals surface area contributed by atoms with E-state index >= 15 is 0 Å². The average molecular weight is 261 g/mol. The molecule has 0 aliphatic carbocycles. The molecule has 0 spiro atoms. The van der Waals surface area contributed by atoms with Gasteiger partial charge in [0.15, 0.2) is 12.0 Å². The van der Waals surface area contributed by atoms with Crippen molar-refractivity contribution in [3.05, 3.63) is 17.9 Å². The maximum atomic E-state index is 11.8. The molecule has 0 amide bonds. The highest BCUT2D eigenvalue weighted by molar-refractivity contribution is 7.89. The molecule has 7 heteroatoms. The number of hydrogen-bond acceptors (Lipinski definition) is 5. The lowest BCUT2D eigenvalue weighted by Gasteiger charge is -2.18. The molecule has 0 saturated carbocycles. The highest BCUT2D eigenvalue weighted by Crippen LogP contribution is 2.14. The standard InChI is InChI=1S/C10H15NO5S/c1-7(2)9(6-13)11-17(14,15)10-4-3-8(5-12)16-10/h3-5,7,9,11,13H,6H2,1-2H3/t9-/m1/s1.